The fraction of sp³-hybridized carbons (Fsp3) is 0.176. The van der Waals surface area contributed by atoms with Gasteiger partial charge in [0.05, 0.1) is 19.3 Å². The minimum absolute atomic E-state index is 0.117. The summed E-state index contributed by atoms with van der Waals surface area (Å²) in [4.78, 5) is 12.1. The largest absolute Gasteiger partial charge is 0.497 e. The maximum atomic E-state index is 12.1. The fourth-order valence-electron chi connectivity index (χ4n) is 2.20. The number of benzene rings is 1. The van der Waals surface area contributed by atoms with Crippen LogP contribution in [0.25, 0.3) is 11.3 Å². The van der Waals surface area contributed by atoms with E-state index in [2.05, 4.69) is 15.8 Å². The van der Waals surface area contributed by atoms with Gasteiger partial charge in [0.1, 0.15) is 5.75 Å². The third kappa shape index (κ3) is 3.78. The van der Waals surface area contributed by atoms with Crippen LogP contribution in [0.5, 0.6) is 5.75 Å². The van der Waals surface area contributed by atoms with E-state index < -0.39 is 0 Å². The third-order valence-corrected chi connectivity index (χ3v) is 4.10. The molecule has 118 valence electrons. The Hall–Kier alpha value is -2.60. The van der Waals surface area contributed by atoms with Gasteiger partial charge in [-0.3, -0.25) is 9.48 Å². The zero-order chi connectivity index (χ0) is 16.1. The smallest absolute Gasteiger partial charge is 0.251 e. The first-order valence-electron chi connectivity index (χ1n) is 7.24. The molecule has 0 aliphatic carbocycles. The molecule has 1 N–H and O–H groups in total. The second kappa shape index (κ2) is 7.11. The van der Waals surface area contributed by atoms with Crippen molar-refractivity contribution in [1.82, 2.24) is 15.1 Å². The summed E-state index contributed by atoms with van der Waals surface area (Å²) in [5.74, 6) is 0.555. The topological polar surface area (TPSA) is 56.1 Å². The molecule has 0 aliphatic rings. The van der Waals surface area contributed by atoms with Crippen molar-refractivity contribution in [2.45, 2.75) is 6.54 Å². The van der Waals surface area contributed by atoms with Crippen LogP contribution in [-0.4, -0.2) is 29.3 Å². The number of carbonyl (C=O) groups excluding carboxylic acids is 1. The summed E-state index contributed by atoms with van der Waals surface area (Å²) in [5.41, 5.74) is 2.66. The highest BCUT2D eigenvalue weighted by molar-refractivity contribution is 7.08. The van der Waals surface area contributed by atoms with Gasteiger partial charge in [0.15, 0.2) is 0 Å². The number of hydrogen-bond acceptors (Lipinski definition) is 4. The molecule has 3 aromatic rings. The van der Waals surface area contributed by atoms with Gasteiger partial charge in [0.2, 0.25) is 0 Å². The lowest BCUT2D eigenvalue weighted by molar-refractivity contribution is 0.0951. The molecule has 2 aromatic heterocycles. The van der Waals surface area contributed by atoms with Crippen molar-refractivity contribution in [3.8, 4) is 17.0 Å². The minimum atomic E-state index is -0.117. The van der Waals surface area contributed by atoms with Crippen LogP contribution in [0.1, 0.15) is 10.4 Å². The van der Waals surface area contributed by atoms with Crippen molar-refractivity contribution in [2.75, 3.05) is 13.7 Å². The molecule has 0 bridgehead atoms. The number of amides is 1. The normalized spacial score (nSPS) is 10.5. The van der Waals surface area contributed by atoms with Crippen molar-refractivity contribution in [3.63, 3.8) is 0 Å². The SMILES string of the molecule is COc1cccc(C(=O)NCCn2ccc(-c3ccsc3)n2)c1. The zero-order valence-corrected chi connectivity index (χ0v) is 13.5. The van der Waals surface area contributed by atoms with E-state index >= 15 is 0 Å². The van der Waals surface area contributed by atoms with Gasteiger partial charge in [0, 0.05) is 29.2 Å². The molecule has 3 rings (SSSR count). The summed E-state index contributed by atoms with van der Waals surface area (Å²) < 4.78 is 6.96. The number of carbonyl (C=O) groups is 1. The summed E-state index contributed by atoms with van der Waals surface area (Å²) in [7, 11) is 1.58. The molecule has 1 aromatic carbocycles. The molecular weight excluding hydrogens is 310 g/mol. The van der Waals surface area contributed by atoms with Crippen LogP contribution in [0, 0.1) is 0 Å². The van der Waals surface area contributed by atoms with Gasteiger partial charge < -0.3 is 10.1 Å². The van der Waals surface area contributed by atoms with Crippen molar-refractivity contribution in [3.05, 3.63) is 58.9 Å². The average molecular weight is 327 g/mol. The summed E-state index contributed by atoms with van der Waals surface area (Å²) in [6.45, 7) is 1.14. The van der Waals surface area contributed by atoms with Crippen molar-refractivity contribution in [2.24, 2.45) is 0 Å². The lowest BCUT2D eigenvalue weighted by Crippen LogP contribution is -2.27. The maximum absolute atomic E-state index is 12.1. The number of ether oxygens (including phenoxy) is 1. The monoisotopic (exact) mass is 327 g/mol. The van der Waals surface area contributed by atoms with Crippen LogP contribution in [0.3, 0.4) is 0 Å². The first-order valence-corrected chi connectivity index (χ1v) is 8.19. The van der Waals surface area contributed by atoms with Gasteiger partial charge in [-0.1, -0.05) is 6.07 Å². The Bertz CT molecular complexity index is 781. The number of methoxy groups -OCH3 is 1. The van der Waals surface area contributed by atoms with Crippen molar-refractivity contribution in [1.29, 1.82) is 0 Å². The predicted octanol–water partition coefficient (Wildman–Crippen LogP) is 3.05. The van der Waals surface area contributed by atoms with E-state index in [1.807, 2.05) is 34.5 Å². The van der Waals surface area contributed by atoms with Gasteiger partial charge in [-0.15, -0.1) is 0 Å². The molecular formula is C17H17N3O2S. The second-order valence-electron chi connectivity index (χ2n) is 4.96. The summed E-state index contributed by atoms with van der Waals surface area (Å²) >= 11 is 1.65. The molecule has 2 heterocycles. The molecule has 23 heavy (non-hydrogen) atoms. The Morgan fingerprint density at radius 1 is 1.35 bits per heavy atom. The number of nitrogens with zero attached hydrogens (tertiary/aromatic N) is 2. The van der Waals surface area contributed by atoms with Crippen LogP contribution in [0.4, 0.5) is 0 Å². The van der Waals surface area contributed by atoms with Crippen LogP contribution in [-0.2, 0) is 6.54 Å². The Morgan fingerprint density at radius 3 is 3.04 bits per heavy atom. The molecule has 0 fully saturated rings. The third-order valence-electron chi connectivity index (χ3n) is 3.42. The van der Waals surface area contributed by atoms with Gasteiger partial charge in [-0.25, -0.2) is 0 Å². The molecule has 1 amide bonds. The zero-order valence-electron chi connectivity index (χ0n) is 12.7. The van der Waals surface area contributed by atoms with Crippen LogP contribution < -0.4 is 10.1 Å². The van der Waals surface area contributed by atoms with E-state index in [1.54, 1.807) is 36.6 Å². The van der Waals surface area contributed by atoms with Crippen molar-refractivity contribution >= 4 is 17.2 Å². The molecule has 0 aliphatic heterocycles. The quantitative estimate of drug-likeness (QED) is 0.757. The lowest BCUT2D eigenvalue weighted by atomic mass is 10.2. The summed E-state index contributed by atoms with van der Waals surface area (Å²) in [5, 5.41) is 11.5. The minimum Gasteiger partial charge on any atom is -0.497 e. The molecule has 0 unspecified atom stereocenters. The molecule has 5 nitrogen and oxygen atoms in total. The lowest BCUT2D eigenvalue weighted by Gasteiger charge is -2.07. The Kier molecular flexibility index (Phi) is 4.73. The van der Waals surface area contributed by atoms with Crippen LogP contribution in [0.15, 0.2) is 53.4 Å². The van der Waals surface area contributed by atoms with Crippen LogP contribution >= 0.6 is 11.3 Å². The van der Waals surface area contributed by atoms with E-state index in [0.717, 1.165) is 11.3 Å². The molecule has 0 spiro atoms. The highest BCUT2D eigenvalue weighted by atomic mass is 32.1. The van der Waals surface area contributed by atoms with Gasteiger partial charge in [0.25, 0.3) is 5.91 Å². The van der Waals surface area contributed by atoms with E-state index in [9.17, 15) is 4.79 Å². The average Bonchev–Trinajstić information content (AvgIpc) is 3.26. The standard InChI is InChI=1S/C17H17N3O2S/c1-22-15-4-2-3-13(11-15)17(21)18-7-9-20-8-5-16(19-20)14-6-10-23-12-14/h2-6,8,10-12H,7,9H2,1H3,(H,18,21). The number of hydrogen-bond donors (Lipinski definition) is 1. The summed E-state index contributed by atoms with van der Waals surface area (Å²) in [6.07, 6.45) is 1.92. The first kappa shape index (κ1) is 15.3. The number of nitrogens with one attached hydrogen (secondary N) is 1. The number of aromatic nitrogens is 2. The molecule has 6 heteroatoms. The highest BCUT2D eigenvalue weighted by Gasteiger charge is 2.07. The summed E-state index contributed by atoms with van der Waals surface area (Å²) in [6, 6.07) is 11.1. The second-order valence-corrected chi connectivity index (χ2v) is 5.74. The Morgan fingerprint density at radius 2 is 2.26 bits per heavy atom. The van der Waals surface area contributed by atoms with Gasteiger partial charge in [-0.05, 0) is 35.7 Å². The Labute approximate surface area is 138 Å². The first-order chi connectivity index (χ1) is 11.3. The number of rotatable bonds is 6. The molecule has 0 radical (unpaired) electrons. The van der Waals surface area contributed by atoms with E-state index in [4.69, 9.17) is 4.74 Å². The van der Waals surface area contributed by atoms with Gasteiger partial charge in [-0.2, -0.15) is 16.4 Å². The van der Waals surface area contributed by atoms with E-state index in [0.29, 0.717) is 24.4 Å². The fourth-order valence-corrected chi connectivity index (χ4v) is 2.85. The van der Waals surface area contributed by atoms with Gasteiger partial charge >= 0.3 is 0 Å². The van der Waals surface area contributed by atoms with Crippen LogP contribution in [0.2, 0.25) is 0 Å². The molecule has 0 atom stereocenters. The van der Waals surface area contributed by atoms with Crippen molar-refractivity contribution < 1.29 is 9.53 Å². The molecule has 0 saturated heterocycles. The highest BCUT2D eigenvalue weighted by Crippen LogP contribution is 2.19. The number of thiophene rings is 1. The Balaban J connectivity index is 1.54. The molecule has 0 saturated carbocycles. The maximum Gasteiger partial charge on any atom is 0.251 e. The van der Waals surface area contributed by atoms with E-state index in [1.165, 1.54) is 0 Å². The van der Waals surface area contributed by atoms with E-state index in [-0.39, 0.29) is 5.91 Å². The predicted molar refractivity (Wildman–Crippen MR) is 90.9 cm³/mol.